The van der Waals surface area contributed by atoms with E-state index >= 15 is 0 Å². The lowest BCUT2D eigenvalue weighted by Gasteiger charge is -2.34. The Labute approximate surface area is 391 Å². The van der Waals surface area contributed by atoms with Crippen molar-refractivity contribution in [1.82, 2.24) is 40.4 Å². The molecule has 7 rings (SSSR count). The fourth-order valence-electron chi connectivity index (χ4n) is 8.76. The predicted molar refractivity (Wildman–Crippen MR) is 256 cm³/mol. The molecule has 1 aliphatic heterocycles. The van der Waals surface area contributed by atoms with E-state index in [9.17, 15) is 19.2 Å². The van der Waals surface area contributed by atoms with E-state index < -0.39 is 36.4 Å². The number of alkyl carbamates (subject to hydrolysis) is 2. The van der Waals surface area contributed by atoms with Crippen molar-refractivity contribution in [3.63, 3.8) is 0 Å². The number of methoxy groups -OCH3 is 3. The summed E-state index contributed by atoms with van der Waals surface area (Å²) in [5, 5.41) is 7.34. The summed E-state index contributed by atoms with van der Waals surface area (Å²) in [6.45, 7) is 15.3. The molecule has 0 saturated carbocycles. The third-order valence-electron chi connectivity index (χ3n) is 12.3. The van der Waals surface area contributed by atoms with Gasteiger partial charge in [-0.25, -0.2) is 19.6 Å². The highest BCUT2D eigenvalue weighted by atomic mass is 16.5. The van der Waals surface area contributed by atoms with Gasteiger partial charge >= 0.3 is 12.2 Å². The summed E-state index contributed by atoms with van der Waals surface area (Å²) in [6.07, 6.45) is 0.410. The molecule has 0 aliphatic carbocycles. The molecule has 3 heterocycles. The van der Waals surface area contributed by atoms with Crippen LogP contribution < -0.4 is 15.4 Å². The third-order valence-corrected chi connectivity index (χ3v) is 12.3. The minimum absolute atomic E-state index is 0.0106. The molecule has 354 valence electrons. The van der Waals surface area contributed by atoms with E-state index in [1.807, 2.05) is 90.9 Å². The molecule has 4 aromatic carbocycles. The molecule has 4 N–H and O–H groups in total. The van der Waals surface area contributed by atoms with Gasteiger partial charge in [-0.3, -0.25) is 9.59 Å². The summed E-state index contributed by atoms with van der Waals surface area (Å²) in [4.78, 5) is 73.5. The highest BCUT2D eigenvalue weighted by Crippen LogP contribution is 2.43. The quantitative estimate of drug-likeness (QED) is 0.0687. The number of amides is 4. The SMILES string of the molecule is COC[C@@H](C)CN(C(=O)[C@@H](NC(=O)OC)C(C)C)[C@@H](C)c1nc2c(ccc3cc4c(cc32)OCc2cc(-c3cnc([C@H](C)N(CC(C)C)C(=O)[C@H](NC(=O)OC)c5ccccc5)[nH]3)ccc2-4)[nH]1. The van der Waals surface area contributed by atoms with Gasteiger partial charge in [-0.15, -0.1) is 0 Å². The molecule has 0 unspecified atom stereocenters. The number of hydrogen-bond acceptors (Lipinski definition) is 10. The van der Waals surface area contributed by atoms with E-state index in [0.29, 0.717) is 43.5 Å². The number of carbonyl (C=O) groups excluding carboxylic acids is 4. The number of benzene rings is 4. The zero-order chi connectivity index (χ0) is 48.1. The standard InChI is InChI=1S/C51H62N8O8/c1-28(2)24-58(49(61)44(57-51(63)66-10)33-14-12-11-13-15-33)31(6)46-52-23-41(54-46)35-16-18-37-36(20-35)27-67-42-22-38-34(21-39(37)42)17-19-40-45(38)55-47(53-40)32(7)59(25-30(5)26-64-8)48(60)43(29(3)4)56-50(62)65-9/h11-23,28-32,43-44H,24-27H2,1-10H3,(H,52,54)(H,53,55)(H,56,62)(H,57,63)/t30-,31-,32-,43-,44+/m0/s1. The van der Waals surface area contributed by atoms with Crippen LogP contribution in [0.15, 0.2) is 79.0 Å². The molecule has 4 amide bonds. The van der Waals surface area contributed by atoms with Crippen LogP contribution >= 0.6 is 0 Å². The average molecular weight is 915 g/mol. The highest BCUT2D eigenvalue weighted by Gasteiger charge is 2.35. The van der Waals surface area contributed by atoms with Crippen molar-refractivity contribution in [2.24, 2.45) is 17.8 Å². The van der Waals surface area contributed by atoms with Crippen molar-refractivity contribution in [3.05, 3.63) is 102 Å². The van der Waals surface area contributed by atoms with Crippen molar-refractivity contribution in [2.75, 3.05) is 41.0 Å². The fraction of sp³-hybridized carbons (Fsp3) is 0.412. The topological polar surface area (TPSA) is 193 Å². The summed E-state index contributed by atoms with van der Waals surface area (Å²) in [6, 6.07) is 20.9. The Hall–Kier alpha value is -6.94. The molecular weight excluding hydrogens is 853 g/mol. The molecule has 2 aromatic heterocycles. The smallest absolute Gasteiger partial charge is 0.407 e. The van der Waals surface area contributed by atoms with Crippen LogP contribution in [0.5, 0.6) is 5.75 Å². The Bertz CT molecular complexity index is 2730. The van der Waals surface area contributed by atoms with Crippen LogP contribution in [-0.4, -0.2) is 101 Å². The number of aromatic amines is 2. The summed E-state index contributed by atoms with van der Waals surface area (Å²) in [7, 11) is 4.19. The second-order valence-electron chi connectivity index (χ2n) is 18.1. The molecule has 0 spiro atoms. The van der Waals surface area contributed by atoms with Gasteiger partial charge in [-0.05, 0) is 83.5 Å². The van der Waals surface area contributed by atoms with Crippen LogP contribution in [0.3, 0.4) is 0 Å². The average Bonchev–Trinajstić information content (AvgIpc) is 4.01. The lowest BCUT2D eigenvalue weighted by Crippen LogP contribution is -2.53. The first-order chi connectivity index (χ1) is 32.1. The van der Waals surface area contributed by atoms with E-state index in [-0.39, 0.29) is 29.6 Å². The molecule has 0 saturated heterocycles. The normalized spacial score (nSPS) is 14.3. The summed E-state index contributed by atoms with van der Waals surface area (Å²) in [5.41, 5.74) is 6.94. The molecule has 16 nitrogen and oxygen atoms in total. The van der Waals surface area contributed by atoms with Crippen molar-refractivity contribution in [3.8, 4) is 28.1 Å². The summed E-state index contributed by atoms with van der Waals surface area (Å²) < 4.78 is 21.6. The van der Waals surface area contributed by atoms with Crippen LogP contribution in [0.25, 0.3) is 44.2 Å². The number of nitrogens with zero attached hydrogens (tertiary/aromatic N) is 4. The molecule has 0 radical (unpaired) electrons. The molecular formula is C51H62N8O8. The summed E-state index contributed by atoms with van der Waals surface area (Å²) in [5.74, 6) is 1.39. The number of hydrogen-bond donors (Lipinski definition) is 4. The van der Waals surface area contributed by atoms with Gasteiger partial charge in [0.05, 0.1) is 55.8 Å². The van der Waals surface area contributed by atoms with Gasteiger partial charge in [-0.1, -0.05) is 83.1 Å². The van der Waals surface area contributed by atoms with Gasteiger partial charge in [0, 0.05) is 31.1 Å². The van der Waals surface area contributed by atoms with Gasteiger partial charge < -0.3 is 49.3 Å². The Morgan fingerprint density at radius 2 is 1.46 bits per heavy atom. The van der Waals surface area contributed by atoms with Crippen LogP contribution in [0.2, 0.25) is 0 Å². The van der Waals surface area contributed by atoms with Crippen LogP contribution in [0, 0.1) is 17.8 Å². The summed E-state index contributed by atoms with van der Waals surface area (Å²) >= 11 is 0. The number of fused-ring (bicyclic) bond motifs is 6. The number of imidazole rings is 2. The van der Waals surface area contributed by atoms with Crippen LogP contribution in [-0.2, 0) is 30.4 Å². The Kier molecular flexibility index (Phi) is 14.8. The molecule has 6 aromatic rings. The second kappa shape index (κ2) is 20.7. The number of carbonyl (C=O) groups is 4. The first kappa shape index (κ1) is 48.0. The number of aromatic nitrogens is 4. The second-order valence-corrected chi connectivity index (χ2v) is 18.1. The molecule has 67 heavy (non-hydrogen) atoms. The predicted octanol–water partition coefficient (Wildman–Crippen LogP) is 8.86. The van der Waals surface area contributed by atoms with Crippen LogP contribution in [0.1, 0.15) is 89.4 Å². The molecule has 0 fully saturated rings. The lowest BCUT2D eigenvalue weighted by atomic mass is 9.92. The van der Waals surface area contributed by atoms with Crippen molar-refractivity contribution < 1.29 is 38.1 Å². The lowest BCUT2D eigenvalue weighted by molar-refractivity contribution is -0.138. The fourth-order valence-corrected chi connectivity index (χ4v) is 8.76. The first-order valence-electron chi connectivity index (χ1n) is 22.7. The van der Waals surface area contributed by atoms with Crippen LogP contribution in [0.4, 0.5) is 9.59 Å². The number of rotatable bonds is 17. The molecule has 0 bridgehead atoms. The monoisotopic (exact) mass is 914 g/mol. The van der Waals surface area contributed by atoms with E-state index in [2.05, 4.69) is 50.9 Å². The van der Waals surface area contributed by atoms with Gasteiger partial charge in [0.25, 0.3) is 5.91 Å². The van der Waals surface area contributed by atoms with E-state index in [0.717, 1.165) is 55.5 Å². The minimum Gasteiger partial charge on any atom is -0.488 e. The highest BCUT2D eigenvalue weighted by molar-refractivity contribution is 6.07. The van der Waals surface area contributed by atoms with E-state index in [4.69, 9.17) is 28.9 Å². The van der Waals surface area contributed by atoms with E-state index in [1.54, 1.807) is 23.1 Å². The van der Waals surface area contributed by atoms with Gasteiger partial charge in [0.1, 0.15) is 36.1 Å². The number of nitrogens with one attached hydrogen (secondary N) is 4. The van der Waals surface area contributed by atoms with Crippen molar-refractivity contribution in [1.29, 1.82) is 0 Å². The molecule has 16 heteroatoms. The molecule has 1 aliphatic rings. The maximum atomic E-state index is 14.3. The largest absolute Gasteiger partial charge is 0.488 e. The zero-order valence-electron chi connectivity index (χ0n) is 39.9. The third kappa shape index (κ3) is 10.4. The van der Waals surface area contributed by atoms with Gasteiger partial charge in [0.15, 0.2) is 0 Å². The maximum absolute atomic E-state index is 14.3. The van der Waals surface area contributed by atoms with Gasteiger partial charge in [-0.2, -0.15) is 0 Å². The first-order valence-corrected chi connectivity index (χ1v) is 22.7. The van der Waals surface area contributed by atoms with Crippen molar-refractivity contribution in [2.45, 2.75) is 79.2 Å². The van der Waals surface area contributed by atoms with Gasteiger partial charge in [0.2, 0.25) is 5.91 Å². The maximum Gasteiger partial charge on any atom is 0.407 e. The minimum atomic E-state index is -0.952. The number of ether oxygens (including phenoxy) is 4. The van der Waals surface area contributed by atoms with Crippen molar-refractivity contribution >= 4 is 45.8 Å². The Morgan fingerprint density at radius 1 is 0.761 bits per heavy atom. The molecule has 5 atom stereocenters. The Morgan fingerprint density at radius 3 is 2.15 bits per heavy atom. The van der Waals surface area contributed by atoms with E-state index in [1.165, 1.54) is 14.2 Å². The number of H-pyrrole nitrogens is 2. The zero-order valence-corrected chi connectivity index (χ0v) is 39.9. The Balaban J connectivity index is 1.15.